The molecule has 1 aliphatic heterocycles. The fourth-order valence-electron chi connectivity index (χ4n) is 3.92. The number of alkyl halides is 3. The van der Waals surface area contributed by atoms with Gasteiger partial charge in [0.15, 0.2) is 0 Å². The molecule has 1 heterocycles. The van der Waals surface area contributed by atoms with Crippen LogP contribution in [0.3, 0.4) is 0 Å². The van der Waals surface area contributed by atoms with Crippen molar-refractivity contribution < 1.29 is 41.4 Å². The molecule has 0 spiro atoms. The van der Waals surface area contributed by atoms with E-state index >= 15 is 0 Å². The highest BCUT2D eigenvalue weighted by Gasteiger charge is 2.38. The van der Waals surface area contributed by atoms with Gasteiger partial charge in [-0.1, -0.05) is 11.2 Å². The quantitative estimate of drug-likeness (QED) is 0.210. The number of amidine groups is 1. The van der Waals surface area contributed by atoms with E-state index in [0.717, 1.165) is 27.4 Å². The number of carbonyl (C=O) groups is 1. The van der Waals surface area contributed by atoms with Gasteiger partial charge in [-0.05, 0) is 63.6 Å². The third-order valence-electron chi connectivity index (χ3n) is 5.59. The molecule has 0 saturated carbocycles. The molecular weight excluding hydrogens is 517 g/mol. The van der Waals surface area contributed by atoms with Crippen LogP contribution in [0.25, 0.3) is 0 Å². The molecule has 37 heavy (non-hydrogen) atoms. The number of sulfonamides is 1. The van der Waals surface area contributed by atoms with Crippen molar-refractivity contribution in [2.75, 3.05) is 15.7 Å². The summed E-state index contributed by atoms with van der Waals surface area (Å²) in [5.41, 5.74) is 3.59. The molecular formula is C23H27F3N4O6S. The first-order valence-corrected chi connectivity index (χ1v) is 12.5. The molecule has 14 heteroatoms. The van der Waals surface area contributed by atoms with Crippen molar-refractivity contribution in [2.24, 2.45) is 10.9 Å². The molecule has 2 aromatic carbocycles. The number of nitrogens with two attached hydrogens (primary N) is 1. The number of ether oxygens (including phenoxy) is 1. The van der Waals surface area contributed by atoms with E-state index in [1.54, 1.807) is 20.8 Å². The average molecular weight is 545 g/mol. The topological polar surface area (TPSA) is 146 Å². The Morgan fingerprint density at radius 2 is 1.89 bits per heavy atom. The minimum atomic E-state index is -4.76. The summed E-state index contributed by atoms with van der Waals surface area (Å²) in [4.78, 5) is 12.4. The van der Waals surface area contributed by atoms with Crippen LogP contribution in [-0.2, 0) is 16.2 Å². The van der Waals surface area contributed by atoms with Crippen molar-refractivity contribution >= 4 is 33.3 Å². The number of nitrogens with zero attached hydrogens (tertiary/aromatic N) is 3. The minimum absolute atomic E-state index is 0.0366. The van der Waals surface area contributed by atoms with Gasteiger partial charge in [-0.2, -0.15) is 13.2 Å². The molecule has 0 aromatic heterocycles. The summed E-state index contributed by atoms with van der Waals surface area (Å²) >= 11 is 0. The van der Waals surface area contributed by atoms with Crippen molar-refractivity contribution in [3.63, 3.8) is 0 Å². The number of rotatable bonds is 6. The fraction of sp³-hybridized carbons (Fsp3) is 0.391. The molecule has 0 bridgehead atoms. The zero-order chi connectivity index (χ0) is 27.8. The van der Waals surface area contributed by atoms with Gasteiger partial charge in [0, 0.05) is 12.0 Å². The first kappa shape index (κ1) is 27.9. The predicted molar refractivity (Wildman–Crippen MR) is 130 cm³/mol. The van der Waals surface area contributed by atoms with Crippen molar-refractivity contribution in [2.45, 2.75) is 56.3 Å². The summed E-state index contributed by atoms with van der Waals surface area (Å²) in [5, 5.41) is 21.5. The monoisotopic (exact) mass is 544 g/mol. The molecule has 4 N–H and O–H groups in total. The summed E-state index contributed by atoms with van der Waals surface area (Å²) in [6.45, 7) is 4.64. The Bertz CT molecular complexity index is 1310. The lowest BCUT2D eigenvalue weighted by Gasteiger charge is -2.38. The number of halogens is 3. The van der Waals surface area contributed by atoms with E-state index in [2.05, 4.69) is 5.16 Å². The molecule has 0 radical (unpaired) electrons. The number of hydrogen-bond acceptors (Lipinski definition) is 6. The maximum Gasteiger partial charge on any atom is 0.416 e. The third-order valence-corrected chi connectivity index (χ3v) is 7.37. The lowest BCUT2D eigenvalue weighted by atomic mass is 10.0. The van der Waals surface area contributed by atoms with Crippen LogP contribution in [0.5, 0.6) is 5.75 Å². The summed E-state index contributed by atoms with van der Waals surface area (Å²) in [5.74, 6) is -0.0337. The number of amides is 1. The number of benzene rings is 2. The Hall–Kier alpha value is -3.68. The maximum absolute atomic E-state index is 13.7. The SMILES string of the molecule is CC(C)(C)N(C(=O)O)c1ccc2c(c1)N(S(=O)(=O)c1cccc(C(F)(F)F)c1)C[C@H](CCC(N)=NO)O2. The smallest absolute Gasteiger partial charge is 0.416 e. The number of oxime groups is 1. The second kappa shape index (κ2) is 10.00. The van der Waals surface area contributed by atoms with Crippen molar-refractivity contribution in [1.29, 1.82) is 0 Å². The van der Waals surface area contributed by atoms with Crippen LogP contribution in [0.1, 0.15) is 39.2 Å². The second-order valence-electron chi connectivity index (χ2n) is 9.37. The normalized spacial score (nSPS) is 16.6. The second-order valence-corrected chi connectivity index (χ2v) is 11.2. The van der Waals surface area contributed by atoms with Crippen LogP contribution in [0.2, 0.25) is 0 Å². The van der Waals surface area contributed by atoms with E-state index in [4.69, 9.17) is 15.7 Å². The van der Waals surface area contributed by atoms with Crippen LogP contribution in [0.4, 0.5) is 29.3 Å². The number of anilines is 2. The predicted octanol–water partition coefficient (Wildman–Crippen LogP) is 4.47. The Morgan fingerprint density at radius 1 is 1.22 bits per heavy atom. The molecule has 1 aliphatic rings. The first-order valence-electron chi connectivity index (χ1n) is 11.1. The number of fused-ring (bicyclic) bond motifs is 1. The van der Waals surface area contributed by atoms with Crippen LogP contribution < -0.4 is 19.7 Å². The lowest BCUT2D eigenvalue weighted by Crippen LogP contribution is -2.46. The number of carboxylic acid groups (broad SMARTS) is 1. The molecule has 1 amide bonds. The Kier molecular flexibility index (Phi) is 7.54. The fourth-order valence-corrected chi connectivity index (χ4v) is 5.47. The lowest BCUT2D eigenvalue weighted by molar-refractivity contribution is -0.137. The van der Waals surface area contributed by atoms with Gasteiger partial charge in [-0.3, -0.25) is 9.21 Å². The van der Waals surface area contributed by atoms with Gasteiger partial charge in [0.25, 0.3) is 10.0 Å². The van der Waals surface area contributed by atoms with Crippen LogP contribution in [0, 0.1) is 0 Å². The molecule has 0 unspecified atom stereocenters. The van der Waals surface area contributed by atoms with E-state index in [-0.39, 0.29) is 42.3 Å². The molecule has 1 atom stereocenters. The van der Waals surface area contributed by atoms with E-state index in [0.29, 0.717) is 6.07 Å². The molecule has 0 fully saturated rings. The summed E-state index contributed by atoms with van der Waals surface area (Å²) in [7, 11) is -4.56. The van der Waals surface area contributed by atoms with Gasteiger partial charge in [-0.25, -0.2) is 13.2 Å². The van der Waals surface area contributed by atoms with E-state index in [1.165, 1.54) is 18.2 Å². The van der Waals surface area contributed by atoms with Crippen LogP contribution in [-0.4, -0.2) is 48.8 Å². The zero-order valence-electron chi connectivity index (χ0n) is 20.2. The highest BCUT2D eigenvalue weighted by molar-refractivity contribution is 7.92. The molecule has 3 rings (SSSR count). The highest BCUT2D eigenvalue weighted by Crippen LogP contribution is 2.42. The van der Waals surface area contributed by atoms with E-state index in [9.17, 15) is 31.5 Å². The largest absolute Gasteiger partial charge is 0.486 e. The summed E-state index contributed by atoms with van der Waals surface area (Å²) in [6.07, 6.45) is -6.65. The van der Waals surface area contributed by atoms with Gasteiger partial charge < -0.3 is 20.8 Å². The van der Waals surface area contributed by atoms with Crippen molar-refractivity contribution in [3.05, 3.63) is 48.0 Å². The van der Waals surface area contributed by atoms with Gasteiger partial charge in [0.1, 0.15) is 17.7 Å². The summed E-state index contributed by atoms with van der Waals surface area (Å²) in [6, 6.07) is 7.50. The van der Waals surface area contributed by atoms with Crippen LogP contribution >= 0.6 is 0 Å². The third kappa shape index (κ3) is 6.01. The van der Waals surface area contributed by atoms with Gasteiger partial charge in [-0.15, -0.1) is 0 Å². The minimum Gasteiger partial charge on any atom is -0.486 e. The summed E-state index contributed by atoms with van der Waals surface area (Å²) < 4.78 is 74.0. The molecule has 202 valence electrons. The molecule has 2 aromatic rings. The maximum atomic E-state index is 13.7. The van der Waals surface area contributed by atoms with Crippen molar-refractivity contribution in [1.82, 2.24) is 0 Å². The van der Waals surface area contributed by atoms with Gasteiger partial charge in [0.2, 0.25) is 0 Å². The van der Waals surface area contributed by atoms with Crippen LogP contribution in [0.15, 0.2) is 52.5 Å². The molecule has 10 nitrogen and oxygen atoms in total. The molecule has 0 aliphatic carbocycles. The first-order chi connectivity index (χ1) is 17.1. The Labute approximate surface area is 211 Å². The highest BCUT2D eigenvalue weighted by atomic mass is 32.2. The van der Waals surface area contributed by atoms with E-state index in [1.807, 2.05) is 0 Å². The van der Waals surface area contributed by atoms with Gasteiger partial charge >= 0.3 is 12.3 Å². The van der Waals surface area contributed by atoms with Gasteiger partial charge in [0.05, 0.1) is 28.4 Å². The number of hydrogen-bond donors (Lipinski definition) is 3. The van der Waals surface area contributed by atoms with E-state index < -0.39 is 44.4 Å². The zero-order valence-corrected chi connectivity index (χ0v) is 21.0. The Morgan fingerprint density at radius 3 is 2.46 bits per heavy atom. The molecule has 0 saturated heterocycles. The average Bonchev–Trinajstić information content (AvgIpc) is 2.80. The standard InChI is InChI=1S/C23H27F3N4O6S/c1-22(2,3)30(21(31)32)15-7-9-19-18(12-15)29(13-16(36-19)8-10-20(27)28-33)37(34,35)17-6-4-5-14(11-17)23(24,25)26/h4-7,9,11-12,16,33H,8,10,13H2,1-3H3,(H2,27,28)(H,31,32)/t16-/m0/s1. The van der Waals surface area contributed by atoms with Crippen molar-refractivity contribution in [3.8, 4) is 5.75 Å². The Balaban J connectivity index is 2.15.